The minimum Gasteiger partial charge on any atom is -0.361 e. The van der Waals surface area contributed by atoms with Gasteiger partial charge in [-0.15, -0.1) is 10.2 Å². The summed E-state index contributed by atoms with van der Waals surface area (Å²) in [5.74, 6) is -4.31. The molecular weight excluding hydrogens is 533 g/mol. The van der Waals surface area contributed by atoms with Gasteiger partial charge in [-0.3, -0.25) is 14.2 Å². The first-order valence-corrected chi connectivity index (χ1v) is 13.0. The minimum absolute atomic E-state index is 0.0282. The van der Waals surface area contributed by atoms with E-state index < -0.39 is 41.2 Å². The number of hydrogen-bond acceptors (Lipinski definition) is 4. The van der Waals surface area contributed by atoms with Gasteiger partial charge in [0.2, 0.25) is 5.91 Å². The fraction of sp³-hybridized carbons (Fsp3) is 0.200. The van der Waals surface area contributed by atoms with Gasteiger partial charge in [0.05, 0.1) is 11.4 Å². The number of carbonyl (C=O) groups is 2. The summed E-state index contributed by atoms with van der Waals surface area (Å²) >= 11 is 0. The first kappa shape index (κ1) is 26.3. The molecule has 1 aliphatic heterocycles. The fourth-order valence-corrected chi connectivity index (χ4v) is 5.47. The highest BCUT2D eigenvalue weighted by atomic mass is 19.2. The quantitative estimate of drug-likeness (QED) is 0.301. The Bertz CT molecular complexity index is 1810. The number of anilines is 1. The zero-order chi connectivity index (χ0) is 29.0. The number of nitrogens with one attached hydrogen (secondary N) is 1. The molecule has 5 aromatic rings. The Hall–Kier alpha value is -4.93. The average molecular weight is 559 g/mol. The van der Waals surface area contributed by atoms with Crippen LogP contribution in [0.3, 0.4) is 0 Å². The number of nitrogens with zero attached hydrogens (tertiary/aromatic N) is 5. The fourth-order valence-electron chi connectivity index (χ4n) is 5.47. The molecule has 1 N–H and O–H groups in total. The maximum atomic E-state index is 14.9. The summed E-state index contributed by atoms with van der Waals surface area (Å²) in [6.45, 7) is 4.74. The SMILES string of the molecule is CC(=O)N(C(C)C)N1C(=O)C(Cc2c[nH]c3cc(F)ccc23)c2nnc(-c3ccccc3)n2-c2cc(F)c(F)cc21. The van der Waals surface area contributed by atoms with Gasteiger partial charge in [-0.25, -0.2) is 23.2 Å². The number of aromatic nitrogens is 4. The number of hydrogen-bond donors (Lipinski definition) is 1. The van der Waals surface area contributed by atoms with E-state index in [4.69, 9.17) is 0 Å². The van der Waals surface area contributed by atoms with Gasteiger partial charge >= 0.3 is 0 Å². The number of H-pyrrole nitrogens is 1. The molecule has 0 fully saturated rings. The summed E-state index contributed by atoms with van der Waals surface area (Å²) in [5.41, 5.74) is 1.95. The van der Waals surface area contributed by atoms with Crippen LogP contribution < -0.4 is 5.01 Å². The number of rotatable bonds is 5. The second kappa shape index (κ2) is 9.92. The molecule has 8 nitrogen and oxygen atoms in total. The maximum Gasteiger partial charge on any atom is 0.257 e. The summed E-state index contributed by atoms with van der Waals surface area (Å²) in [6.07, 6.45) is 1.76. The molecule has 1 unspecified atom stereocenters. The number of carbonyl (C=O) groups excluding carboxylic acids is 2. The smallest absolute Gasteiger partial charge is 0.257 e. The first-order chi connectivity index (χ1) is 19.7. The zero-order valence-corrected chi connectivity index (χ0v) is 22.4. The van der Waals surface area contributed by atoms with Crippen LogP contribution in [-0.4, -0.2) is 42.6 Å². The van der Waals surface area contributed by atoms with Crippen molar-refractivity contribution in [2.24, 2.45) is 0 Å². The molecule has 11 heteroatoms. The molecule has 0 saturated carbocycles. The number of halogens is 3. The number of aromatic amines is 1. The van der Waals surface area contributed by atoms with Gasteiger partial charge in [-0.1, -0.05) is 30.3 Å². The highest BCUT2D eigenvalue weighted by Crippen LogP contribution is 2.41. The summed E-state index contributed by atoms with van der Waals surface area (Å²) in [4.78, 5) is 30.5. The van der Waals surface area contributed by atoms with Gasteiger partial charge in [0.25, 0.3) is 5.91 Å². The van der Waals surface area contributed by atoms with E-state index in [-0.39, 0.29) is 23.6 Å². The van der Waals surface area contributed by atoms with Crippen LogP contribution >= 0.6 is 0 Å². The Morgan fingerprint density at radius 2 is 1.71 bits per heavy atom. The molecule has 2 aromatic heterocycles. The molecule has 1 atom stereocenters. The van der Waals surface area contributed by atoms with Crippen molar-refractivity contribution in [1.29, 1.82) is 0 Å². The number of amides is 2. The number of benzene rings is 3. The van der Waals surface area contributed by atoms with E-state index in [9.17, 15) is 22.8 Å². The lowest BCUT2D eigenvalue weighted by Gasteiger charge is -2.38. The van der Waals surface area contributed by atoms with Crippen LogP contribution in [0.2, 0.25) is 0 Å². The lowest BCUT2D eigenvalue weighted by molar-refractivity contribution is -0.137. The summed E-state index contributed by atoms with van der Waals surface area (Å²) < 4.78 is 45.2. The molecule has 0 radical (unpaired) electrons. The van der Waals surface area contributed by atoms with E-state index in [0.29, 0.717) is 27.9 Å². The summed E-state index contributed by atoms with van der Waals surface area (Å²) in [6, 6.07) is 14.7. The third-order valence-corrected chi connectivity index (χ3v) is 7.21. The standard InChI is InChI=1S/C30H25F3N6O2/c1-16(2)38(17(3)40)39-27-14-24(33)23(32)13-26(27)37-28(18-7-5-4-6-8-18)35-36-29(37)22(30(39)41)11-19-15-34-25-12-20(31)9-10-21(19)25/h4-10,12-16,22,34H,11H2,1-3H3. The molecule has 2 amide bonds. The zero-order valence-electron chi connectivity index (χ0n) is 22.4. The van der Waals surface area contributed by atoms with Crippen molar-refractivity contribution in [2.75, 3.05) is 5.01 Å². The van der Waals surface area contributed by atoms with E-state index in [1.165, 1.54) is 24.1 Å². The minimum atomic E-state index is -1.18. The van der Waals surface area contributed by atoms with Crippen molar-refractivity contribution in [2.45, 2.75) is 39.2 Å². The summed E-state index contributed by atoms with van der Waals surface area (Å²) in [7, 11) is 0. The molecule has 208 valence electrons. The van der Waals surface area contributed by atoms with Crippen molar-refractivity contribution in [3.8, 4) is 17.1 Å². The molecule has 0 saturated heterocycles. The van der Waals surface area contributed by atoms with E-state index in [1.807, 2.05) is 6.07 Å². The van der Waals surface area contributed by atoms with Gasteiger partial charge in [-0.05, 0) is 44.0 Å². The van der Waals surface area contributed by atoms with Gasteiger partial charge in [0, 0.05) is 47.8 Å². The second-order valence-electron chi connectivity index (χ2n) is 10.2. The van der Waals surface area contributed by atoms with Crippen LogP contribution in [0.5, 0.6) is 0 Å². The van der Waals surface area contributed by atoms with Gasteiger partial charge < -0.3 is 4.98 Å². The molecule has 41 heavy (non-hydrogen) atoms. The molecule has 0 spiro atoms. The van der Waals surface area contributed by atoms with E-state index >= 15 is 0 Å². The maximum absolute atomic E-state index is 14.9. The van der Waals surface area contributed by atoms with E-state index in [1.54, 1.807) is 54.9 Å². The molecule has 0 bridgehead atoms. The molecule has 0 aliphatic carbocycles. The Morgan fingerprint density at radius 1 is 1.00 bits per heavy atom. The van der Waals surface area contributed by atoms with Crippen LogP contribution in [0.15, 0.2) is 66.9 Å². The van der Waals surface area contributed by atoms with Crippen molar-refractivity contribution in [1.82, 2.24) is 24.8 Å². The van der Waals surface area contributed by atoms with E-state index in [2.05, 4.69) is 15.2 Å². The summed E-state index contributed by atoms with van der Waals surface area (Å²) in [5, 5.41) is 11.8. The van der Waals surface area contributed by atoms with Crippen LogP contribution in [0.1, 0.15) is 38.1 Å². The normalized spacial score (nSPS) is 14.8. The monoisotopic (exact) mass is 558 g/mol. The van der Waals surface area contributed by atoms with Crippen LogP contribution in [0.25, 0.3) is 28.0 Å². The van der Waals surface area contributed by atoms with Crippen molar-refractivity contribution in [3.63, 3.8) is 0 Å². The lowest BCUT2D eigenvalue weighted by atomic mass is 9.96. The molecular formula is C30H25F3N6O2. The second-order valence-corrected chi connectivity index (χ2v) is 10.2. The highest BCUT2D eigenvalue weighted by molar-refractivity contribution is 6.03. The van der Waals surface area contributed by atoms with Gasteiger partial charge in [-0.2, -0.15) is 0 Å². The Morgan fingerprint density at radius 3 is 2.39 bits per heavy atom. The van der Waals surface area contributed by atoms with Gasteiger partial charge in [0.15, 0.2) is 23.3 Å². The number of fused-ring (bicyclic) bond motifs is 4. The van der Waals surface area contributed by atoms with Gasteiger partial charge in [0.1, 0.15) is 11.7 Å². The van der Waals surface area contributed by atoms with Crippen molar-refractivity contribution in [3.05, 3.63) is 95.7 Å². The lowest BCUT2D eigenvalue weighted by Crippen LogP contribution is -2.54. The van der Waals surface area contributed by atoms with E-state index in [0.717, 1.165) is 17.1 Å². The first-order valence-electron chi connectivity index (χ1n) is 13.0. The highest BCUT2D eigenvalue weighted by Gasteiger charge is 2.42. The van der Waals surface area contributed by atoms with Crippen molar-refractivity contribution >= 4 is 28.4 Å². The predicted molar refractivity (Wildman–Crippen MR) is 147 cm³/mol. The third-order valence-electron chi connectivity index (χ3n) is 7.21. The Kier molecular flexibility index (Phi) is 6.36. The largest absolute Gasteiger partial charge is 0.361 e. The predicted octanol–water partition coefficient (Wildman–Crippen LogP) is 5.68. The van der Waals surface area contributed by atoms with Crippen LogP contribution in [-0.2, 0) is 16.0 Å². The molecule has 6 rings (SSSR count). The average Bonchev–Trinajstić information content (AvgIpc) is 3.53. The molecule has 3 heterocycles. The molecule has 1 aliphatic rings. The van der Waals surface area contributed by atoms with Crippen molar-refractivity contribution < 1.29 is 22.8 Å². The Labute approximate surface area is 233 Å². The number of hydrazine groups is 1. The third kappa shape index (κ3) is 4.33. The molecule has 3 aromatic carbocycles. The van der Waals surface area contributed by atoms with Crippen LogP contribution in [0, 0.1) is 17.5 Å². The van der Waals surface area contributed by atoms with Crippen LogP contribution in [0.4, 0.5) is 18.9 Å². The topological polar surface area (TPSA) is 87.1 Å². The Balaban J connectivity index is 1.64.